The molecule has 0 aliphatic carbocycles. The molecule has 1 saturated heterocycles. The Hall–Kier alpha value is -1.77. The third-order valence-electron chi connectivity index (χ3n) is 5.64. The molecule has 1 heterocycles. The second kappa shape index (κ2) is 7.63. The summed E-state index contributed by atoms with van der Waals surface area (Å²) in [5, 5.41) is 10.6. The molecule has 1 unspecified atom stereocenters. The first-order valence-corrected chi connectivity index (χ1v) is 9.30. The second-order valence-electron chi connectivity index (χ2n) is 7.30. The first-order valence-electron chi connectivity index (χ1n) is 8.92. The first kappa shape index (κ1) is 18.0. The third-order valence-corrected chi connectivity index (χ3v) is 5.98. The molecule has 1 fully saturated rings. The summed E-state index contributed by atoms with van der Waals surface area (Å²) in [4.78, 5) is 2.49. The number of rotatable bonds is 4. The fraction of sp³-hybridized carbons (Fsp3) is 0.364. The Balaban J connectivity index is 1.63. The number of nitrogens with zero attached hydrogens (tertiary/aromatic N) is 1. The van der Waals surface area contributed by atoms with Gasteiger partial charge in [-0.2, -0.15) is 0 Å². The smallest absolute Gasteiger partial charge is 0.115 e. The number of aromatic hydroxyl groups is 1. The van der Waals surface area contributed by atoms with E-state index in [1.165, 1.54) is 5.56 Å². The van der Waals surface area contributed by atoms with Crippen LogP contribution in [0.5, 0.6) is 5.75 Å². The van der Waals surface area contributed by atoms with Gasteiger partial charge in [0.1, 0.15) is 5.75 Å². The van der Waals surface area contributed by atoms with Crippen LogP contribution in [0.2, 0.25) is 5.02 Å². The lowest BCUT2D eigenvalue weighted by Gasteiger charge is -2.45. The highest BCUT2D eigenvalue weighted by molar-refractivity contribution is 6.32. The molecule has 0 saturated carbocycles. The zero-order chi connectivity index (χ0) is 17.9. The van der Waals surface area contributed by atoms with Crippen molar-refractivity contribution in [3.8, 4) is 5.75 Å². The van der Waals surface area contributed by atoms with E-state index >= 15 is 0 Å². The van der Waals surface area contributed by atoms with E-state index in [9.17, 15) is 5.11 Å². The lowest BCUT2D eigenvalue weighted by molar-refractivity contribution is 0.121. The molecule has 1 aliphatic heterocycles. The minimum Gasteiger partial charge on any atom is -0.508 e. The van der Waals surface area contributed by atoms with E-state index in [2.05, 4.69) is 37.0 Å². The van der Waals surface area contributed by atoms with Gasteiger partial charge in [0.2, 0.25) is 0 Å². The SMILES string of the molecule is C[C@H]1CN(C/C=C/c2ccccc2Cl)CCC1(C)c1cccc(O)c1. The Morgan fingerprint density at radius 3 is 2.76 bits per heavy atom. The maximum atomic E-state index is 9.81. The summed E-state index contributed by atoms with van der Waals surface area (Å²) in [6.07, 6.45) is 5.40. The molecule has 0 amide bonds. The van der Waals surface area contributed by atoms with Gasteiger partial charge in [0, 0.05) is 18.1 Å². The molecule has 0 aromatic heterocycles. The van der Waals surface area contributed by atoms with Crippen LogP contribution in [0, 0.1) is 5.92 Å². The van der Waals surface area contributed by atoms with Crippen molar-refractivity contribution in [3.63, 3.8) is 0 Å². The number of hydrogen-bond acceptors (Lipinski definition) is 2. The predicted octanol–water partition coefficient (Wildman–Crippen LogP) is 5.36. The van der Waals surface area contributed by atoms with E-state index < -0.39 is 0 Å². The van der Waals surface area contributed by atoms with E-state index in [-0.39, 0.29) is 5.41 Å². The van der Waals surface area contributed by atoms with Gasteiger partial charge in [-0.15, -0.1) is 0 Å². The molecule has 3 heteroatoms. The minimum absolute atomic E-state index is 0.113. The fourth-order valence-electron chi connectivity index (χ4n) is 3.71. The van der Waals surface area contributed by atoms with Gasteiger partial charge in [-0.25, -0.2) is 0 Å². The normalized spacial score (nSPS) is 24.7. The molecule has 0 bridgehead atoms. The molecule has 132 valence electrons. The van der Waals surface area contributed by atoms with Crippen molar-refractivity contribution < 1.29 is 5.11 Å². The summed E-state index contributed by atoms with van der Waals surface area (Å²) < 4.78 is 0. The molecule has 0 radical (unpaired) electrons. The molecule has 0 spiro atoms. The van der Waals surface area contributed by atoms with Crippen LogP contribution in [-0.2, 0) is 5.41 Å². The van der Waals surface area contributed by atoms with E-state index in [0.717, 1.165) is 36.6 Å². The van der Waals surface area contributed by atoms with E-state index in [0.29, 0.717) is 11.7 Å². The van der Waals surface area contributed by atoms with E-state index in [1.807, 2.05) is 36.4 Å². The van der Waals surface area contributed by atoms with Gasteiger partial charge in [-0.05, 0) is 53.6 Å². The van der Waals surface area contributed by atoms with Crippen molar-refractivity contribution in [2.24, 2.45) is 5.92 Å². The van der Waals surface area contributed by atoms with Gasteiger partial charge in [-0.1, -0.05) is 67.9 Å². The molecule has 2 aromatic rings. The minimum atomic E-state index is 0.113. The summed E-state index contributed by atoms with van der Waals surface area (Å²) in [6, 6.07) is 15.7. The first-order chi connectivity index (χ1) is 12.0. The van der Waals surface area contributed by atoms with E-state index in [1.54, 1.807) is 6.07 Å². The summed E-state index contributed by atoms with van der Waals surface area (Å²) in [5.74, 6) is 0.882. The van der Waals surface area contributed by atoms with Gasteiger partial charge in [0.25, 0.3) is 0 Å². The van der Waals surface area contributed by atoms with Gasteiger partial charge < -0.3 is 5.11 Å². The Labute approximate surface area is 155 Å². The molecular weight excluding hydrogens is 330 g/mol. The molecule has 1 aliphatic rings. The highest BCUT2D eigenvalue weighted by atomic mass is 35.5. The van der Waals surface area contributed by atoms with Crippen molar-refractivity contribution in [2.75, 3.05) is 19.6 Å². The van der Waals surface area contributed by atoms with E-state index in [4.69, 9.17) is 11.6 Å². The van der Waals surface area contributed by atoms with Crippen molar-refractivity contribution in [3.05, 3.63) is 70.8 Å². The Bertz CT molecular complexity index is 757. The number of benzene rings is 2. The molecular formula is C22H26ClNO. The maximum Gasteiger partial charge on any atom is 0.115 e. The average molecular weight is 356 g/mol. The zero-order valence-electron chi connectivity index (χ0n) is 15.0. The standard InChI is InChI=1S/C22H26ClNO/c1-17-16-24(13-6-8-18-7-3-4-11-21(18)23)14-12-22(17,2)19-9-5-10-20(25)15-19/h3-11,15,17,25H,12-14,16H2,1-2H3/b8-6+/t17-,22?/m0/s1. The largest absolute Gasteiger partial charge is 0.508 e. The predicted molar refractivity (Wildman–Crippen MR) is 106 cm³/mol. The Morgan fingerprint density at radius 2 is 2.04 bits per heavy atom. The van der Waals surface area contributed by atoms with Crippen LogP contribution in [0.1, 0.15) is 31.4 Å². The van der Waals surface area contributed by atoms with Crippen LogP contribution in [0.3, 0.4) is 0 Å². The van der Waals surface area contributed by atoms with Gasteiger partial charge in [-0.3, -0.25) is 4.90 Å². The van der Waals surface area contributed by atoms with Gasteiger partial charge in [0.05, 0.1) is 0 Å². The molecule has 25 heavy (non-hydrogen) atoms. The van der Waals surface area contributed by atoms with Gasteiger partial charge >= 0.3 is 0 Å². The van der Waals surface area contributed by atoms with Crippen LogP contribution in [0.25, 0.3) is 6.08 Å². The second-order valence-corrected chi connectivity index (χ2v) is 7.71. The topological polar surface area (TPSA) is 23.5 Å². The Morgan fingerprint density at radius 1 is 1.24 bits per heavy atom. The number of likely N-dealkylation sites (tertiary alicyclic amines) is 1. The molecule has 2 nitrogen and oxygen atoms in total. The highest BCUT2D eigenvalue weighted by Crippen LogP contribution is 2.40. The van der Waals surface area contributed by atoms with Crippen LogP contribution in [-0.4, -0.2) is 29.6 Å². The molecule has 2 atom stereocenters. The van der Waals surface area contributed by atoms with Crippen molar-refractivity contribution >= 4 is 17.7 Å². The summed E-state index contributed by atoms with van der Waals surface area (Å²) >= 11 is 6.20. The Kier molecular flexibility index (Phi) is 5.51. The highest BCUT2D eigenvalue weighted by Gasteiger charge is 2.37. The summed E-state index contributed by atoms with van der Waals surface area (Å²) in [6.45, 7) is 7.69. The number of piperidine rings is 1. The average Bonchev–Trinajstić information content (AvgIpc) is 2.60. The molecule has 3 rings (SSSR count). The zero-order valence-corrected chi connectivity index (χ0v) is 15.7. The fourth-order valence-corrected chi connectivity index (χ4v) is 3.91. The van der Waals surface area contributed by atoms with Crippen molar-refractivity contribution in [2.45, 2.75) is 25.7 Å². The lowest BCUT2D eigenvalue weighted by atomic mass is 9.68. The molecule has 1 N–H and O–H groups in total. The number of phenols is 1. The monoisotopic (exact) mass is 355 g/mol. The number of halogens is 1. The number of phenolic OH excluding ortho intramolecular Hbond substituents is 1. The maximum absolute atomic E-state index is 9.81. The van der Waals surface area contributed by atoms with Crippen molar-refractivity contribution in [1.29, 1.82) is 0 Å². The summed E-state index contributed by atoms with van der Waals surface area (Å²) in [7, 11) is 0. The third kappa shape index (κ3) is 4.08. The lowest BCUT2D eigenvalue weighted by Crippen LogP contribution is -2.47. The number of hydrogen-bond donors (Lipinski definition) is 1. The van der Waals surface area contributed by atoms with Crippen molar-refractivity contribution in [1.82, 2.24) is 4.90 Å². The van der Waals surface area contributed by atoms with Crippen LogP contribution >= 0.6 is 11.6 Å². The quantitative estimate of drug-likeness (QED) is 0.798. The van der Waals surface area contributed by atoms with Gasteiger partial charge in [0.15, 0.2) is 0 Å². The van der Waals surface area contributed by atoms with Crippen LogP contribution in [0.4, 0.5) is 0 Å². The summed E-state index contributed by atoms with van der Waals surface area (Å²) in [5.41, 5.74) is 2.42. The molecule has 2 aromatic carbocycles. The van der Waals surface area contributed by atoms with Crippen LogP contribution < -0.4 is 0 Å². The van der Waals surface area contributed by atoms with Crippen LogP contribution in [0.15, 0.2) is 54.6 Å².